The number of Topliss-reactive ketones (excluding diaryl/α,β-unsaturated/α-hetero) is 2. The van der Waals surface area contributed by atoms with Crippen LogP contribution in [0, 0.1) is 11.8 Å². The first kappa shape index (κ1) is 23.5. The van der Waals surface area contributed by atoms with Gasteiger partial charge in [-0.05, 0) is 24.0 Å². The molecular formula is C24H25NO9. The third kappa shape index (κ3) is 3.05. The van der Waals surface area contributed by atoms with Gasteiger partial charge < -0.3 is 30.9 Å². The van der Waals surface area contributed by atoms with Gasteiger partial charge in [0.05, 0.1) is 5.56 Å². The normalized spacial score (nSPS) is 30.4. The highest BCUT2D eigenvalue weighted by molar-refractivity contribution is 6.23. The highest BCUT2D eigenvalue weighted by Gasteiger charge is 2.66. The Labute approximate surface area is 194 Å². The van der Waals surface area contributed by atoms with Crippen LogP contribution in [0.5, 0.6) is 5.75 Å². The quantitative estimate of drug-likeness (QED) is 0.319. The van der Waals surface area contributed by atoms with Crippen LogP contribution in [0.15, 0.2) is 35.1 Å². The van der Waals surface area contributed by atoms with Crippen LogP contribution in [0.4, 0.5) is 0 Å². The predicted molar refractivity (Wildman–Crippen MR) is 116 cm³/mol. The van der Waals surface area contributed by atoms with Crippen LogP contribution >= 0.6 is 0 Å². The van der Waals surface area contributed by atoms with E-state index in [0.29, 0.717) is 12.0 Å². The topological polar surface area (TPSA) is 184 Å². The molecular weight excluding hydrogens is 446 g/mol. The minimum atomic E-state index is -2.85. The Morgan fingerprint density at radius 2 is 1.88 bits per heavy atom. The minimum absolute atomic E-state index is 0.0153. The number of carbonyl (C=O) groups is 4. The Morgan fingerprint density at radius 1 is 1.21 bits per heavy atom. The van der Waals surface area contributed by atoms with E-state index in [-0.39, 0.29) is 23.3 Å². The number of amides is 1. The lowest BCUT2D eigenvalue weighted by molar-refractivity contribution is -0.178. The maximum atomic E-state index is 13.7. The molecule has 0 aromatic heterocycles. The zero-order chi connectivity index (χ0) is 25.1. The number of phenols is 1. The van der Waals surface area contributed by atoms with Gasteiger partial charge in [0.1, 0.15) is 28.9 Å². The van der Waals surface area contributed by atoms with Crippen LogP contribution in [0.2, 0.25) is 0 Å². The van der Waals surface area contributed by atoms with E-state index in [9.17, 15) is 39.6 Å². The van der Waals surface area contributed by atoms with Crippen molar-refractivity contribution in [2.45, 2.75) is 50.7 Å². The average Bonchev–Trinajstić information content (AvgIpc) is 2.76. The number of aliphatic hydroxyl groups is 3. The van der Waals surface area contributed by atoms with Crippen molar-refractivity contribution in [1.82, 2.24) is 0 Å². The predicted octanol–water partition coefficient (Wildman–Crippen LogP) is 1.31. The number of hydrogen-bond acceptors (Lipinski definition) is 9. The molecule has 0 heterocycles. The number of benzene rings is 1. The number of hydrogen-bond donors (Lipinski definition) is 5. The Morgan fingerprint density at radius 3 is 2.50 bits per heavy atom. The molecule has 34 heavy (non-hydrogen) atoms. The third-order valence-electron chi connectivity index (χ3n) is 7.06. The summed E-state index contributed by atoms with van der Waals surface area (Å²) in [5.41, 5.74) is 1.51. The van der Waals surface area contributed by atoms with Crippen molar-refractivity contribution >= 4 is 29.2 Å². The summed E-state index contributed by atoms with van der Waals surface area (Å²) in [5.74, 6) is -9.27. The molecule has 0 aliphatic heterocycles. The van der Waals surface area contributed by atoms with E-state index in [0.717, 1.165) is 0 Å². The van der Waals surface area contributed by atoms with Crippen LogP contribution < -0.4 is 5.73 Å². The number of aromatic hydroxyl groups is 1. The summed E-state index contributed by atoms with van der Waals surface area (Å²) >= 11 is 0. The van der Waals surface area contributed by atoms with Crippen LogP contribution in [-0.2, 0) is 23.9 Å². The number of rotatable bonds is 4. The summed E-state index contributed by atoms with van der Waals surface area (Å²) in [6.07, 6.45) is -1.45. The molecule has 10 nitrogen and oxygen atoms in total. The molecule has 5 atom stereocenters. The molecule has 180 valence electrons. The van der Waals surface area contributed by atoms with E-state index in [4.69, 9.17) is 10.5 Å². The molecule has 0 spiro atoms. The van der Waals surface area contributed by atoms with Gasteiger partial charge in [-0.1, -0.05) is 26.0 Å². The SMILES string of the molecule is CCCC(=O)OC1C2C(=C(O)c3c(O)cccc3C2C)C(=O)C2(O)C(O)=C(C(N)=O)C(=O)CC12. The van der Waals surface area contributed by atoms with Crippen LogP contribution in [0.1, 0.15) is 50.2 Å². The maximum absolute atomic E-state index is 13.7. The highest BCUT2D eigenvalue weighted by Crippen LogP contribution is 2.56. The molecule has 4 rings (SSSR count). The fourth-order valence-corrected chi connectivity index (χ4v) is 5.50. The lowest BCUT2D eigenvalue weighted by Crippen LogP contribution is -2.64. The van der Waals surface area contributed by atoms with Crippen molar-refractivity contribution in [2.24, 2.45) is 17.6 Å². The van der Waals surface area contributed by atoms with Gasteiger partial charge in [0, 0.05) is 30.3 Å². The number of ether oxygens (including phenoxy) is 1. The minimum Gasteiger partial charge on any atom is -0.508 e. The summed E-state index contributed by atoms with van der Waals surface area (Å²) in [5, 5.41) is 43.8. The molecule has 1 fully saturated rings. The molecule has 1 aromatic rings. The van der Waals surface area contributed by atoms with E-state index in [1.165, 1.54) is 6.07 Å². The van der Waals surface area contributed by atoms with Gasteiger partial charge in [-0.25, -0.2) is 0 Å². The van der Waals surface area contributed by atoms with Gasteiger partial charge in [-0.2, -0.15) is 0 Å². The molecule has 6 N–H and O–H groups in total. The molecule has 10 heteroatoms. The first-order valence-electron chi connectivity index (χ1n) is 10.9. The monoisotopic (exact) mass is 471 g/mol. The van der Waals surface area contributed by atoms with E-state index in [2.05, 4.69) is 0 Å². The Bertz CT molecular complexity index is 1200. The van der Waals surface area contributed by atoms with Crippen LogP contribution in [0.25, 0.3) is 5.76 Å². The van der Waals surface area contributed by atoms with Gasteiger partial charge >= 0.3 is 5.97 Å². The van der Waals surface area contributed by atoms with Crippen LogP contribution in [0.3, 0.4) is 0 Å². The number of ketones is 2. The average molecular weight is 471 g/mol. The summed E-state index contributed by atoms with van der Waals surface area (Å²) in [6.45, 7) is 3.45. The number of primary amides is 1. The molecule has 1 aromatic carbocycles. The lowest BCUT2D eigenvalue weighted by atomic mass is 9.55. The van der Waals surface area contributed by atoms with E-state index in [1.54, 1.807) is 26.0 Å². The molecule has 0 radical (unpaired) electrons. The highest BCUT2D eigenvalue weighted by atomic mass is 16.5. The third-order valence-corrected chi connectivity index (χ3v) is 7.06. The number of aliphatic hydroxyl groups excluding tert-OH is 2. The Balaban J connectivity index is 2.02. The van der Waals surface area contributed by atoms with Gasteiger partial charge in [-0.3, -0.25) is 19.2 Å². The van der Waals surface area contributed by atoms with Crippen molar-refractivity contribution < 1.29 is 44.3 Å². The lowest BCUT2D eigenvalue weighted by Gasteiger charge is -2.51. The Hall–Kier alpha value is -3.66. The van der Waals surface area contributed by atoms with E-state index in [1.807, 2.05) is 0 Å². The number of fused-ring (bicyclic) bond motifs is 3. The first-order chi connectivity index (χ1) is 16.0. The molecule has 3 aliphatic carbocycles. The second-order valence-electron chi connectivity index (χ2n) is 8.94. The molecule has 1 amide bonds. The number of carbonyl (C=O) groups excluding carboxylic acids is 4. The second-order valence-corrected chi connectivity index (χ2v) is 8.94. The number of phenolic OH excluding ortho intramolecular Hbond substituents is 1. The van der Waals surface area contributed by atoms with E-state index < -0.39 is 76.4 Å². The fourth-order valence-electron chi connectivity index (χ4n) is 5.50. The first-order valence-corrected chi connectivity index (χ1v) is 10.9. The van der Waals surface area contributed by atoms with Gasteiger partial charge in [-0.15, -0.1) is 0 Å². The van der Waals surface area contributed by atoms with Crippen molar-refractivity contribution in [3.05, 3.63) is 46.2 Å². The summed E-state index contributed by atoms with van der Waals surface area (Å²) < 4.78 is 5.68. The molecule has 5 unspecified atom stereocenters. The zero-order valence-corrected chi connectivity index (χ0v) is 18.6. The summed E-state index contributed by atoms with van der Waals surface area (Å²) in [7, 11) is 0. The largest absolute Gasteiger partial charge is 0.508 e. The van der Waals surface area contributed by atoms with Crippen molar-refractivity contribution in [2.75, 3.05) is 0 Å². The summed E-state index contributed by atoms with van der Waals surface area (Å²) in [4.78, 5) is 50.7. The number of esters is 1. The van der Waals surface area contributed by atoms with Gasteiger partial charge in [0.25, 0.3) is 5.91 Å². The van der Waals surface area contributed by atoms with Crippen molar-refractivity contribution in [3.63, 3.8) is 0 Å². The molecule has 0 saturated heterocycles. The van der Waals surface area contributed by atoms with Gasteiger partial charge in [0.15, 0.2) is 11.4 Å². The number of nitrogens with two attached hydrogens (primary N) is 1. The molecule has 1 saturated carbocycles. The van der Waals surface area contributed by atoms with E-state index >= 15 is 0 Å². The van der Waals surface area contributed by atoms with Crippen LogP contribution in [-0.4, -0.2) is 55.6 Å². The zero-order valence-electron chi connectivity index (χ0n) is 18.6. The Kier molecular flexibility index (Phi) is 5.52. The smallest absolute Gasteiger partial charge is 0.306 e. The van der Waals surface area contributed by atoms with Gasteiger partial charge in [0.2, 0.25) is 5.78 Å². The van der Waals surface area contributed by atoms with Crippen molar-refractivity contribution in [3.8, 4) is 5.75 Å². The molecule has 3 aliphatic rings. The standard InChI is InChI=1S/C24H25NO9/c1-3-5-14(28)34-20-11-8-13(27)17(23(25)32)21(30)24(11,33)22(31)18-15(20)9(2)10-6-4-7-12(26)16(10)19(18)29/h4,6-7,9,11,15,20,26,29-30,33H,3,5,8H2,1-2H3,(H2,25,32). The second kappa shape index (κ2) is 7.98. The van der Waals surface area contributed by atoms with Crippen molar-refractivity contribution in [1.29, 1.82) is 0 Å². The molecule has 0 bridgehead atoms. The fraction of sp³-hybridized carbons (Fsp3) is 0.417. The summed E-state index contributed by atoms with van der Waals surface area (Å²) in [6, 6.07) is 4.51. The maximum Gasteiger partial charge on any atom is 0.306 e.